The van der Waals surface area contributed by atoms with Gasteiger partial charge < -0.3 is 9.30 Å². The first kappa shape index (κ1) is 9.98. The van der Waals surface area contributed by atoms with Crippen LogP contribution in [0.5, 0.6) is 5.75 Å². The zero-order valence-corrected chi connectivity index (χ0v) is 8.98. The predicted molar refractivity (Wildman–Crippen MR) is 56.8 cm³/mol. The van der Waals surface area contributed by atoms with Crippen molar-refractivity contribution in [3.8, 4) is 5.75 Å². The summed E-state index contributed by atoms with van der Waals surface area (Å²) >= 11 is 5.84. The summed E-state index contributed by atoms with van der Waals surface area (Å²) in [5, 5.41) is 0.367. The van der Waals surface area contributed by atoms with E-state index in [1.807, 2.05) is 17.8 Å². The largest absolute Gasteiger partial charge is 0.482 e. The summed E-state index contributed by atoms with van der Waals surface area (Å²) in [7, 11) is 1.91. The third-order valence-corrected chi connectivity index (χ3v) is 2.29. The molecule has 0 atom stereocenters. The molecule has 0 aromatic carbocycles. The van der Waals surface area contributed by atoms with Crippen molar-refractivity contribution >= 4 is 11.6 Å². The van der Waals surface area contributed by atoms with Crippen LogP contribution in [0.3, 0.4) is 0 Å². The van der Waals surface area contributed by atoms with Crippen molar-refractivity contribution < 1.29 is 4.74 Å². The molecular formula is C10H10ClN3O. The van der Waals surface area contributed by atoms with Crippen LogP contribution in [0.25, 0.3) is 0 Å². The number of rotatable bonds is 3. The molecule has 2 heterocycles. The highest BCUT2D eigenvalue weighted by molar-refractivity contribution is 6.30. The first-order valence-electron chi connectivity index (χ1n) is 4.47. The fraction of sp³-hybridized carbons (Fsp3) is 0.200. The normalized spacial score (nSPS) is 10.3. The SMILES string of the molecule is Cn1ccnc1COc1cccnc1Cl. The molecule has 0 aliphatic heterocycles. The Kier molecular flexibility index (Phi) is 2.87. The van der Waals surface area contributed by atoms with Crippen LogP contribution in [0.4, 0.5) is 0 Å². The molecular weight excluding hydrogens is 214 g/mol. The second-order valence-corrected chi connectivity index (χ2v) is 3.39. The average Bonchev–Trinajstić information content (AvgIpc) is 2.63. The first-order valence-corrected chi connectivity index (χ1v) is 4.84. The lowest BCUT2D eigenvalue weighted by atomic mass is 10.4. The Hall–Kier alpha value is -1.55. The summed E-state index contributed by atoms with van der Waals surface area (Å²) < 4.78 is 7.38. The van der Waals surface area contributed by atoms with Gasteiger partial charge in [-0.05, 0) is 12.1 Å². The number of aryl methyl sites for hydroxylation is 1. The van der Waals surface area contributed by atoms with E-state index in [0.29, 0.717) is 17.5 Å². The van der Waals surface area contributed by atoms with E-state index in [4.69, 9.17) is 16.3 Å². The van der Waals surface area contributed by atoms with Gasteiger partial charge in [0.25, 0.3) is 0 Å². The minimum absolute atomic E-state index is 0.367. The van der Waals surface area contributed by atoms with Crippen LogP contribution >= 0.6 is 11.6 Å². The van der Waals surface area contributed by atoms with Gasteiger partial charge >= 0.3 is 0 Å². The summed E-state index contributed by atoms with van der Waals surface area (Å²) in [5.74, 6) is 1.41. The molecule has 0 unspecified atom stereocenters. The van der Waals surface area contributed by atoms with E-state index in [9.17, 15) is 0 Å². The molecule has 2 aromatic rings. The Morgan fingerprint density at radius 2 is 2.27 bits per heavy atom. The van der Waals surface area contributed by atoms with Crippen molar-refractivity contribution in [2.45, 2.75) is 6.61 Å². The first-order chi connectivity index (χ1) is 7.27. The van der Waals surface area contributed by atoms with Gasteiger partial charge in [0.1, 0.15) is 12.4 Å². The van der Waals surface area contributed by atoms with Gasteiger partial charge in [0.2, 0.25) is 0 Å². The number of halogens is 1. The van der Waals surface area contributed by atoms with Crippen LogP contribution < -0.4 is 4.74 Å². The second kappa shape index (κ2) is 4.31. The molecule has 78 valence electrons. The molecule has 0 aliphatic carbocycles. The molecule has 15 heavy (non-hydrogen) atoms. The van der Waals surface area contributed by atoms with Crippen LogP contribution in [0.1, 0.15) is 5.82 Å². The van der Waals surface area contributed by atoms with E-state index in [1.165, 1.54) is 0 Å². The van der Waals surface area contributed by atoms with Crippen molar-refractivity contribution in [1.82, 2.24) is 14.5 Å². The van der Waals surface area contributed by atoms with Crippen molar-refractivity contribution in [2.75, 3.05) is 0 Å². The Bertz CT molecular complexity index is 455. The number of nitrogens with zero attached hydrogens (tertiary/aromatic N) is 3. The molecule has 0 bridgehead atoms. The van der Waals surface area contributed by atoms with Gasteiger partial charge in [-0.25, -0.2) is 9.97 Å². The third kappa shape index (κ3) is 2.27. The quantitative estimate of drug-likeness (QED) is 0.748. The number of hydrogen-bond donors (Lipinski definition) is 0. The number of hydrogen-bond acceptors (Lipinski definition) is 3. The molecule has 0 N–H and O–H groups in total. The molecule has 0 saturated carbocycles. The van der Waals surface area contributed by atoms with Crippen LogP contribution in [-0.2, 0) is 13.7 Å². The molecule has 0 spiro atoms. The molecule has 2 aromatic heterocycles. The van der Waals surface area contributed by atoms with Crippen molar-refractivity contribution in [1.29, 1.82) is 0 Å². The van der Waals surface area contributed by atoms with Crippen LogP contribution in [-0.4, -0.2) is 14.5 Å². The molecule has 0 radical (unpaired) electrons. The van der Waals surface area contributed by atoms with Gasteiger partial charge in [-0.2, -0.15) is 0 Å². The van der Waals surface area contributed by atoms with E-state index in [1.54, 1.807) is 24.5 Å². The van der Waals surface area contributed by atoms with Gasteiger partial charge in [0.05, 0.1) is 0 Å². The van der Waals surface area contributed by atoms with Gasteiger partial charge in [0, 0.05) is 25.6 Å². The predicted octanol–water partition coefficient (Wildman–Crippen LogP) is 2.05. The molecule has 5 heteroatoms. The van der Waals surface area contributed by atoms with E-state index in [2.05, 4.69) is 9.97 Å². The standard InChI is InChI=1S/C10H10ClN3O/c1-14-6-5-12-9(14)7-15-8-3-2-4-13-10(8)11/h2-6H,7H2,1H3. The fourth-order valence-corrected chi connectivity index (χ4v) is 1.33. The minimum atomic E-state index is 0.367. The lowest BCUT2D eigenvalue weighted by Crippen LogP contribution is -2.03. The minimum Gasteiger partial charge on any atom is -0.482 e. The monoisotopic (exact) mass is 223 g/mol. The van der Waals surface area contributed by atoms with Gasteiger partial charge in [-0.3, -0.25) is 0 Å². The molecule has 0 amide bonds. The van der Waals surface area contributed by atoms with E-state index in [0.717, 1.165) is 5.82 Å². The Morgan fingerprint density at radius 3 is 2.93 bits per heavy atom. The number of imidazole rings is 1. The maximum Gasteiger partial charge on any atom is 0.171 e. The number of aromatic nitrogens is 3. The highest BCUT2D eigenvalue weighted by atomic mass is 35.5. The molecule has 2 rings (SSSR count). The summed E-state index contributed by atoms with van der Waals surface area (Å²) in [5.41, 5.74) is 0. The van der Waals surface area contributed by atoms with E-state index < -0.39 is 0 Å². The molecule has 0 saturated heterocycles. The number of pyridine rings is 1. The van der Waals surface area contributed by atoms with Crippen LogP contribution in [0, 0.1) is 0 Å². The Balaban J connectivity index is 2.06. The second-order valence-electron chi connectivity index (χ2n) is 3.04. The molecule has 4 nitrogen and oxygen atoms in total. The van der Waals surface area contributed by atoms with Crippen LogP contribution in [0.15, 0.2) is 30.7 Å². The van der Waals surface area contributed by atoms with E-state index in [-0.39, 0.29) is 0 Å². The zero-order valence-electron chi connectivity index (χ0n) is 8.22. The van der Waals surface area contributed by atoms with Gasteiger partial charge in [-0.1, -0.05) is 11.6 Å². The summed E-state index contributed by atoms with van der Waals surface area (Å²) in [6, 6.07) is 3.55. The molecule has 0 fully saturated rings. The topological polar surface area (TPSA) is 39.9 Å². The zero-order chi connectivity index (χ0) is 10.7. The summed E-state index contributed by atoms with van der Waals surface area (Å²) in [4.78, 5) is 8.05. The lowest BCUT2D eigenvalue weighted by molar-refractivity contribution is 0.291. The maximum absolute atomic E-state index is 5.84. The van der Waals surface area contributed by atoms with Crippen molar-refractivity contribution in [3.63, 3.8) is 0 Å². The number of ether oxygens (including phenoxy) is 1. The van der Waals surface area contributed by atoms with Crippen LogP contribution in [0.2, 0.25) is 5.15 Å². The fourth-order valence-electron chi connectivity index (χ4n) is 1.16. The summed E-state index contributed by atoms with van der Waals surface area (Å²) in [6.45, 7) is 0.384. The Morgan fingerprint density at radius 1 is 1.40 bits per heavy atom. The van der Waals surface area contributed by atoms with Crippen molar-refractivity contribution in [2.24, 2.45) is 7.05 Å². The smallest absolute Gasteiger partial charge is 0.171 e. The van der Waals surface area contributed by atoms with E-state index >= 15 is 0 Å². The van der Waals surface area contributed by atoms with Gasteiger partial charge in [-0.15, -0.1) is 0 Å². The molecule has 0 aliphatic rings. The maximum atomic E-state index is 5.84. The Labute approximate surface area is 92.5 Å². The highest BCUT2D eigenvalue weighted by Crippen LogP contribution is 2.21. The third-order valence-electron chi connectivity index (χ3n) is 2.00. The lowest BCUT2D eigenvalue weighted by Gasteiger charge is -2.06. The van der Waals surface area contributed by atoms with Crippen molar-refractivity contribution in [3.05, 3.63) is 41.7 Å². The van der Waals surface area contributed by atoms with Gasteiger partial charge in [0.15, 0.2) is 10.9 Å². The highest BCUT2D eigenvalue weighted by Gasteiger charge is 2.03. The average molecular weight is 224 g/mol. The summed E-state index contributed by atoms with van der Waals surface area (Å²) in [6.07, 6.45) is 5.21.